The summed E-state index contributed by atoms with van der Waals surface area (Å²) in [7, 11) is -1.89. The van der Waals surface area contributed by atoms with E-state index in [1.807, 2.05) is 32.7 Å². The van der Waals surface area contributed by atoms with Crippen molar-refractivity contribution in [2.75, 3.05) is 63.7 Å². The molecule has 0 saturated heterocycles. The molecule has 1 amide bonds. The minimum atomic E-state index is -3.79. The number of amides is 1. The first kappa shape index (κ1) is 39.4. The lowest BCUT2D eigenvalue weighted by Gasteiger charge is -2.18. The zero-order valence-corrected chi connectivity index (χ0v) is 30.1. The van der Waals surface area contributed by atoms with Gasteiger partial charge < -0.3 is 35.5 Å². The van der Waals surface area contributed by atoms with Crippen molar-refractivity contribution in [3.63, 3.8) is 0 Å². The van der Waals surface area contributed by atoms with E-state index >= 15 is 0 Å². The summed E-state index contributed by atoms with van der Waals surface area (Å²) >= 11 is 3.32. The van der Waals surface area contributed by atoms with E-state index in [4.69, 9.17) is 19.9 Å². The molecule has 0 saturated carbocycles. The third-order valence-corrected chi connectivity index (χ3v) is 8.34. The van der Waals surface area contributed by atoms with Crippen molar-refractivity contribution in [3.8, 4) is 0 Å². The van der Waals surface area contributed by atoms with E-state index in [1.165, 1.54) is 36.5 Å². The number of nitrogens with one attached hydrogen (secondary N) is 3. The highest BCUT2D eigenvalue weighted by Crippen LogP contribution is 2.28. The Kier molecular flexibility index (Phi) is 15.0. The van der Waals surface area contributed by atoms with Crippen LogP contribution in [-0.4, -0.2) is 93.9 Å². The fourth-order valence-corrected chi connectivity index (χ4v) is 5.30. The Morgan fingerprint density at radius 2 is 1.73 bits per heavy atom. The van der Waals surface area contributed by atoms with Gasteiger partial charge in [0.1, 0.15) is 17.2 Å². The van der Waals surface area contributed by atoms with Crippen molar-refractivity contribution in [3.05, 3.63) is 76.7 Å². The van der Waals surface area contributed by atoms with Gasteiger partial charge in [-0.25, -0.2) is 27.3 Å². The first-order valence-electron chi connectivity index (χ1n) is 15.1. The minimum Gasteiger partial charge on any atom is -0.457 e. The molecule has 2 aromatic carbocycles. The normalized spacial score (nSPS) is 12.0. The summed E-state index contributed by atoms with van der Waals surface area (Å²) in [6, 6.07) is 9.98. The highest BCUT2D eigenvalue weighted by atomic mass is 79.9. The van der Waals surface area contributed by atoms with Gasteiger partial charge >= 0.3 is 5.97 Å². The SMILES string of the molecule is CN(C/C=C/C(=O)OC(C)(C)C)CCOCCOCCNS(=O)(=O)c1ccc(Nc2ncc(Br)c(Nc3cccc(F)c3C(N)=O)n2)cc1. The van der Waals surface area contributed by atoms with Gasteiger partial charge in [0.25, 0.3) is 5.91 Å². The molecule has 0 unspecified atom stereocenters. The predicted octanol–water partition coefficient (Wildman–Crippen LogP) is 4.11. The molecular weight excluding hydrogens is 725 g/mol. The van der Waals surface area contributed by atoms with Gasteiger partial charge in [-0.3, -0.25) is 4.79 Å². The number of anilines is 4. The van der Waals surface area contributed by atoms with Crippen LogP contribution in [0.5, 0.6) is 0 Å². The number of hydrogen-bond donors (Lipinski definition) is 4. The molecule has 0 bridgehead atoms. The topological polar surface area (TPSA) is 187 Å². The molecule has 0 aliphatic carbocycles. The van der Waals surface area contributed by atoms with Crippen LogP contribution in [0.3, 0.4) is 0 Å². The second-order valence-electron chi connectivity index (χ2n) is 11.5. The van der Waals surface area contributed by atoms with Crippen LogP contribution in [0.1, 0.15) is 31.1 Å². The maximum absolute atomic E-state index is 14.2. The molecule has 0 atom stereocenters. The number of hydrogen-bond acceptors (Lipinski definition) is 12. The average Bonchev–Trinajstić information content (AvgIpc) is 3.01. The molecule has 266 valence electrons. The molecule has 0 fully saturated rings. The Bertz CT molecular complexity index is 1700. The zero-order chi connectivity index (χ0) is 36.0. The second-order valence-corrected chi connectivity index (χ2v) is 14.1. The Morgan fingerprint density at radius 3 is 2.41 bits per heavy atom. The van der Waals surface area contributed by atoms with Crippen molar-refractivity contribution < 1.29 is 36.6 Å². The first-order valence-corrected chi connectivity index (χ1v) is 17.4. The lowest BCUT2D eigenvalue weighted by atomic mass is 10.1. The van der Waals surface area contributed by atoms with Crippen LogP contribution in [0.25, 0.3) is 0 Å². The van der Waals surface area contributed by atoms with Crippen LogP contribution in [0.15, 0.2) is 70.2 Å². The van der Waals surface area contributed by atoms with Crippen LogP contribution in [0.4, 0.5) is 27.5 Å². The molecule has 49 heavy (non-hydrogen) atoms. The smallest absolute Gasteiger partial charge is 0.330 e. The monoisotopic (exact) mass is 765 g/mol. The summed E-state index contributed by atoms with van der Waals surface area (Å²) in [5.74, 6) is -1.71. The maximum atomic E-state index is 14.2. The minimum absolute atomic E-state index is 0.0515. The van der Waals surface area contributed by atoms with Gasteiger partial charge in [0.2, 0.25) is 16.0 Å². The number of halogens is 2. The van der Waals surface area contributed by atoms with Crippen LogP contribution in [0, 0.1) is 5.82 Å². The van der Waals surface area contributed by atoms with Gasteiger partial charge in [-0.2, -0.15) is 4.98 Å². The summed E-state index contributed by atoms with van der Waals surface area (Å²) in [5, 5.41) is 5.85. The lowest BCUT2D eigenvalue weighted by Crippen LogP contribution is -2.28. The molecule has 5 N–H and O–H groups in total. The maximum Gasteiger partial charge on any atom is 0.330 e. The van der Waals surface area contributed by atoms with E-state index in [2.05, 4.69) is 41.3 Å². The number of rotatable bonds is 19. The van der Waals surface area contributed by atoms with E-state index in [0.717, 1.165) is 6.07 Å². The van der Waals surface area contributed by atoms with E-state index in [1.54, 1.807) is 18.2 Å². The van der Waals surface area contributed by atoms with E-state index in [-0.39, 0.29) is 47.0 Å². The number of ether oxygens (including phenoxy) is 3. The Balaban J connectivity index is 1.37. The van der Waals surface area contributed by atoms with Crippen molar-refractivity contribution >= 4 is 61.0 Å². The highest BCUT2D eigenvalue weighted by molar-refractivity contribution is 9.10. The summed E-state index contributed by atoms with van der Waals surface area (Å²) in [4.78, 5) is 34.0. The van der Waals surface area contributed by atoms with Crippen LogP contribution < -0.4 is 21.1 Å². The Morgan fingerprint density at radius 1 is 1.04 bits per heavy atom. The summed E-state index contributed by atoms with van der Waals surface area (Å²) in [5.41, 5.74) is 5.12. The molecule has 1 heterocycles. The molecule has 0 aliphatic rings. The molecule has 1 aromatic heterocycles. The summed E-state index contributed by atoms with van der Waals surface area (Å²) in [6.07, 6.45) is 4.60. The fourth-order valence-electron chi connectivity index (χ4n) is 4.00. The molecule has 14 nitrogen and oxygen atoms in total. The third kappa shape index (κ3) is 13.8. The largest absolute Gasteiger partial charge is 0.457 e. The van der Waals surface area contributed by atoms with Crippen molar-refractivity contribution in [2.24, 2.45) is 5.73 Å². The number of carbonyl (C=O) groups is 2. The third-order valence-electron chi connectivity index (χ3n) is 6.28. The highest BCUT2D eigenvalue weighted by Gasteiger charge is 2.17. The van der Waals surface area contributed by atoms with Gasteiger partial charge in [-0.05, 0) is 80.1 Å². The number of esters is 1. The number of carbonyl (C=O) groups excluding carboxylic acids is 2. The summed E-state index contributed by atoms with van der Waals surface area (Å²) in [6.45, 7) is 8.00. The number of benzene rings is 2. The van der Waals surface area contributed by atoms with Crippen molar-refractivity contribution in [2.45, 2.75) is 31.3 Å². The Labute approximate surface area is 293 Å². The van der Waals surface area contributed by atoms with Crippen LogP contribution >= 0.6 is 15.9 Å². The molecular formula is C32H41BrFN7O7S. The second kappa shape index (κ2) is 18.7. The molecule has 0 aliphatic heterocycles. The first-order chi connectivity index (χ1) is 23.1. The number of sulfonamides is 1. The van der Waals surface area contributed by atoms with Gasteiger partial charge in [-0.1, -0.05) is 12.1 Å². The number of nitrogens with two attached hydrogens (primary N) is 1. The molecule has 0 radical (unpaired) electrons. The standard InChI is InChI=1S/C32H41BrFN7O7S/c1-32(2,3)48-27(42)9-6-15-41(4)16-18-47-20-19-46-17-14-37-49(44,45)23-12-10-22(11-13-23)38-31-36-21-24(33)30(40-31)39-26-8-5-7-25(34)28(26)29(35)43/h5-13,21,37H,14-20H2,1-4H3,(H2,35,43)(H2,36,38,39,40)/b9-6+. The average molecular weight is 767 g/mol. The molecule has 17 heteroatoms. The van der Waals surface area contributed by atoms with Gasteiger partial charge in [-0.15, -0.1) is 0 Å². The number of likely N-dealkylation sites (N-methyl/N-ethyl adjacent to an activating group) is 1. The number of primary amides is 1. The molecule has 0 spiro atoms. The Hall–Kier alpha value is -4.00. The lowest BCUT2D eigenvalue weighted by molar-refractivity contribution is -0.148. The quantitative estimate of drug-likeness (QED) is 0.0779. The molecule has 3 aromatic rings. The summed E-state index contributed by atoms with van der Waals surface area (Å²) < 4.78 is 58.8. The predicted molar refractivity (Wildman–Crippen MR) is 187 cm³/mol. The molecule has 3 rings (SSSR count). The van der Waals surface area contributed by atoms with Crippen LogP contribution in [0.2, 0.25) is 0 Å². The van der Waals surface area contributed by atoms with Crippen molar-refractivity contribution in [1.29, 1.82) is 0 Å². The van der Waals surface area contributed by atoms with Gasteiger partial charge in [0.15, 0.2) is 0 Å². The van der Waals surface area contributed by atoms with E-state index in [9.17, 15) is 22.4 Å². The van der Waals surface area contributed by atoms with E-state index in [0.29, 0.717) is 43.1 Å². The number of aromatic nitrogens is 2. The van der Waals surface area contributed by atoms with Gasteiger partial charge in [0.05, 0.1) is 47.0 Å². The van der Waals surface area contributed by atoms with Crippen LogP contribution in [-0.2, 0) is 29.0 Å². The number of nitrogens with zero attached hydrogens (tertiary/aromatic N) is 3. The zero-order valence-electron chi connectivity index (χ0n) is 27.7. The van der Waals surface area contributed by atoms with E-state index < -0.39 is 27.3 Å². The fraction of sp³-hybridized carbons (Fsp3) is 0.375. The van der Waals surface area contributed by atoms with Crippen molar-refractivity contribution in [1.82, 2.24) is 19.6 Å². The van der Waals surface area contributed by atoms with Gasteiger partial charge in [0, 0.05) is 37.6 Å².